The van der Waals surface area contributed by atoms with Gasteiger partial charge in [-0.15, -0.1) is 5.10 Å². The van der Waals surface area contributed by atoms with Crippen LogP contribution in [0.4, 0.5) is 36.4 Å². The summed E-state index contributed by atoms with van der Waals surface area (Å²) in [4.78, 5) is 30.9. The number of nitrogens with zero attached hydrogens (tertiary/aromatic N) is 6. The highest BCUT2D eigenvalue weighted by Gasteiger charge is 2.74. The molecule has 2 N–H and O–H groups in total. The molecule has 0 spiro atoms. The second-order valence-corrected chi connectivity index (χ2v) is 11.8. The number of hydrogen-bond donors (Lipinski definition) is 2. The highest BCUT2D eigenvalue weighted by Crippen LogP contribution is 2.51. The third kappa shape index (κ3) is 6.94. The van der Waals surface area contributed by atoms with Crippen molar-refractivity contribution >= 4 is 40.7 Å². The van der Waals surface area contributed by atoms with Crippen LogP contribution in [-0.4, -0.2) is 59.2 Å². The molecule has 10 nitrogen and oxygen atoms in total. The van der Waals surface area contributed by atoms with Gasteiger partial charge in [-0.1, -0.05) is 28.4 Å². The predicted octanol–water partition coefficient (Wildman–Crippen LogP) is 6.59. The summed E-state index contributed by atoms with van der Waals surface area (Å²) in [7, 11) is 0. The quantitative estimate of drug-likeness (QED) is 0.201. The van der Waals surface area contributed by atoms with Gasteiger partial charge in [0.2, 0.25) is 0 Å². The Bertz CT molecular complexity index is 1800. The first-order chi connectivity index (χ1) is 21.1. The van der Waals surface area contributed by atoms with Crippen LogP contribution in [-0.2, 0) is 12.5 Å². The number of aryl methyl sites for hydroxylation is 1. The summed E-state index contributed by atoms with van der Waals surface area (Å²) in [6.45, 7) is 6.22. The molecule has 0 atom stereocenters. The molecule has 0 saturated heterocycles. The third-order valence-electron chi connectivity index (χ3n) is 6.14. The topological polar surface area (TPSA) is 120 Å². The number of carbonyl (C=O) groups is 2. The van der Waals surface area contributed by atoms with Crippen molar-refractivity contribution in [2.45, 2.75) is 57.8 Å². The van der Waals surface area contributed by atoms with Gasteiger partial charge < -0.3 is 10.6 Å². The number of rotatable bonds is 8. The molecule has 0 bridgehead atoms. The van der Waals surface area contributed by atoms with Gasteiger partial charge >= 0.3 is 18.0 Å². The lowest BCUT2D eigenvalue weighted by Crippen LogP contribution is -2.50. The Morgan fingerprint density at radius 3 is 2.26 bits per heavy atom. The van der Waals surface area contributed by atoms with Crippen LogP contribution in [0.2, 0.25) is 10.0 Å². The van der Waals surface area contributed by atoms with Gasteiger partial charge in [-0.25, -0.2) is 14.3 Å². The van der Waals surface area contributed by atoms with E-state index in [1.54, 1.807) is 27.7 Å². The summed E-state index contributed by atoms with van der Waals surface area (Å²) < 4.78 is 94.8. The van der Waals surface area contributed by atoms with E-state index in [0.29, 0.717) is 10.2 Å². The molecule has 4 aromatic rings. The summed E-state index contributed by atoms with van der Waals surface area (Å²) >= 11 is 12.5. The predicted molar refractivity (Wildman–Crippen MR) is 152 cm³/mol. The average Bonchev–Trinajstić information content (AvgIpc) is 3.56. The van der Waals surface area contributed by atoms with Crippen molar-refractivity contribution in [1.29, 1.82) is 0 Å². The standard InChI is InChI=1S/C27H23Cl2F7N8O2/c1-13-8-14(28)9-16(22(45)39-24(2,3)4)20(13)38-23(46)18-10-15(41-44(18)21-17(29)6-5-7-37-21)11-43-12-19(40-42-43)25(30,31)26(32,33)27(34,35)36/h5-10,12H,11H2,1-4H3,(H,38,46)(H,39,45). The minimum Gasteiger partial charge on any atom is -0.347 e. The zero-order chi connectivity index (χ0) is 34.4. The van der Waals surface area contributed by atoms with E-state index in [4.69, 9.17) is 23.2 Å². The van der Waals surface area contributed by atoms with Crippen molar-refractivity contribution in [3.05, 3.63) is 81.0 Å². The first-order valence-corrected chi connectivity index (χ1v) is 13.7. The summed E-state index contributed by atoms with van der Waals surface area (Å²) in [6, 6.07) is 6.91. The zero-order valence-corrected chi connectivity index (χ0v) is 25.7. The lowest BCUT2D eigenvalue weighted by atomic mass is 10.0. The first kappa shape index (κ1) is 34.6. The molecule has 0 unspecified atom stereocenters. The number of nitrogens with one attached hydrogen (secondary N) is 2. The number of alkyl halides is 7. The molecule has 3 aromatic heterocycles. The number of pyridine rings is 1. The second kappa shape index (κ2) is 12.2. The van der Waals surface area contributed by atoms with Crippen LogP contribution in [0.1, 0.15) is 58.6 Å². The Labute approximate surface area is 265 Å². The maximum Gasteiger partial charge on any atom is 0.460 e. The SMILES string of the molecule is Cc1cc(Cl)cc(C(=O)NC(C)(C)C)c1NC(=O)c1cc(Cn2cc(C(F)(F)C(F)(F)C(F)(F)F)nn2)nn1-c1ncccc1Cl. The van der Waals surface area contributed by atoms with Crippen LogP contribution in [0.5, 0.6) is 0 Å². The monoisotopic (exact) mass is 694 g/mol. The highest BCUT2D eigenvalue weighted by molar-refractivity contribution is 6.32. The van der Waals surface area contributed by atoms with E-state index in [0.717, 1.165) is 10.7 Å². The Balaban J connectivity index is 1.73. The number of hydrogen-bond acceptors (Lipinski definition) is 6. The van der Waals surface area contributed by atoms with Gasteiger partial charge in [0, 0.05) is 16.8 Å². The lowest BCUT2D eigenvalue weighted by molar-refractivity contribution is -0.360. The second-order valence-electron chi connectivity index (χ2n) is 11.0. The normalized spacial score (nSPS) is 12.7. The van der Waals surface area contributed by atoms with E-state index in [-0.39, 0.29) is 44.7 Å². The first-order valence-electron chi connectivity index (χ1n) is 13.0. The molecule has 0 aliphatic heterocycles. The van der Waals surface area contributed by atoms with E-state index >= 15 is 0 Å². The number of amides is 2. The lowest BCUT2D eigenvalue weighted by Gasteiger charge is -2.26. The van der Waals surface area contributed by atoms with E-state index in [2.05, 4.69) is 31.0 Å². The maximum absolute atomic E-state index is 14.1. The van der Waals surface area contributed by atoms with E-state index in [1.807, 2.05) is 0 Å². The van der Waals surface area contributed by atoms with Crippen molar-refractivity contribution in [2.75, 3.05) is 5.32 Å². The number of benzene rings is 1. The van der Waals surface area contributed by atoms with Crippen LogP contribution in [0.25, 0.3) is 5.82 Å². The van der Waals surface area contributed by atoms with Gasteiger partial charge in [-0.2, -0.15) is 35.8 Å². The molecule has 0 saturated carbocycles. The fourth-order valence-corrected chi connectivity index (χ4v) is 4.54. The van der Waals surface area contributed by atoms with E-state index in [1.165, 1.54) is 30.5 Å². The molecule has 0 fully saturated rings. The van der Waals surface area contributed by atoms with Crippen LogP contribution < -0.4 is 10.6 Å². The maximum atomic E-state index is 14.1. The van der Waals surface area contributed by atoms with Crippen LogP contribution >= 0.6 is 23.2 Å². The molecule has 3 heterocycles. The third-order valence-corrected chi connectivity index (χ3v) is 6.65. The Kier molecular flexibility index (Phi) is 9.16. The highest BCUT2D eigenvalue weighted by atomic mass is 35.5. The van der Waals surface area contributed by atoms with Gasteiger partial charge in [-0.3, -0.25) is 9.59 Å². The molecule has 4 rings (SSSR count). The fourth-order valence-electron chi connectivity index (χ4n) is 4.06. The molecule has 246 valence electrons. The Morgan fingerprint density at radius 2 is 1.65 bits per heavy atom. The molecule has 0 aliphatic carbocycles. The summed E-state index contributed by atoms with van der Waals surface area (Å²) in [6.07, 6.45) is -5.04. The number of anilines is 1. The fraction of sp³-hybridized carbons (Fsp3) is 0.333. The van der Waals surface area contributed by atoms with Gasteiger partial charge in [-0.05, 0) is 63.6 Å². The molecule has 0 radical (unpaired) electrons. The van der Waals surface area contributed by atoms with Gasteiger partial charge in [0.1, 0.15) is 5.69 Å². The summed E-state index contributed by atoms with van der Waals surface area (Å²) in [5.74, 6) is -13.7. The van der Waals surface area contributed by atoms with Crippen molar-refractivity contribution in [2.24, 2.45) is 0 Å². The van der Waals surface area contributed by atoms with Gasteiger partial charge in [0.25, 0.3) is 11.8 Å². The minimum atomic E-state index is -6.57. The smallest absolute Gasteiger partial charge is 0.347 e. The number of carbonyl (C=O) groups excluding carboxylic acids is 2. The molecule has 46 heavy (non-hydrogen) atoms. The molecular formula is C27H23Cl2F7N8O2. The Morgan fingerprint density at radius 1 is 0.978 bits per heavy atom. The molecule has 19 heteroatoms. The Hall–Kier alpha value is -4.25. The van der Waals surface area contributed by atoms with Crippen LogP contribution in [0.3, 0.4) is 0 Å². The number of aromatic nitrogens is 6. The van der Waals surface area contributed by atoms with Gasteiger partial charge in [0.05, 0.1) is 34.7 Å². The summed E-state index contributed by atoms with van der Waals surface area (Å²) in [5.41, 5.74) is -2.43. The zero-order valence-electron chi connectivity index (χ0n) is 24.2. The summed E-state index contributed by atoms with van der Waals surface area (Å²) in [5, 5.41) is 15.9. The minimum absolute atomic E-state index is 0.0242. The van der Waals surface area contributed by atoms with Crippen molar-refractivity contribution in [3.8, 4) is 5.82 Å². The van der Waals surface area contributed by atoms with E-state index in [9.17, 15) is 40.3 Å². The number of halogens is 9. The van der Waals surface area contributed by atoms with Gasteiger partial charge in [0.15, 0.2) is 11.5 Å². The largest absolute Gasteiger partial charge is 0.460 e. The molecule has 0 aliphatic rings. The van der Waals surface area contributed by atoms with Crippen LogP contribution in [0.15, 0.2) is 42.7 Å². The van der Waals surface area contributed by atoms with E-state index < -0.39 is 47.6 Å². The average molecular weight is 695 g/mol. The van der Waals surface area contributed by atoms with Crippen LogP contribution in [0, 0.1) is 6.92 Å². The van der Waals surface area contributed by atoms with Crippen molar-refractivity contribution < 1.29 is 40.3 Å². The van der Waals surface area contributed by atoms with Crippen molar-refractivity contribution in [3.63, 3.8) is 0 Å². The molecule has 1 aromatic carbocycles. The van der Waals surface area contributed by atoms with Crippen molar-refractivity contribution in [1.82, 2.24) is 35.1 Å². The molecule has 2 amide bonds. The molecular weight excluding hydrogens is 672 g/mol.